The second-order valence-electron chi connectivity index (χ2n) is 4.40. The van der Waals surface area contributed by atoms with Crippen LogP contribution in [0.25, 0.3) is 0 Å². The largest absolute Gasteiger partial charge is 0.497 e. The van der Waals surface area contributed by atoms with Gasteiger partial charge in [-0.1, -0.05) is 36.4 Å². The number of amidine groups is 1. The van der Waals surface area contributed by atoms with Crippen LogP contribution in [0.1, 0.15) is 5.56 Å². The lowest BCUT2D eigenvalue weighted by atomic mass is 10.2. The Balaban J connectivity index is 2.41. The van der Waals surface area contributed by atoms with E-state index < -0.39 is 0 Å². The van der Waals surface area contributed by atoms with E-state index in [0.717, 1.165) is 22.8 Å². The summed E-state index contributed by atoms with van der Waals surface area (Å²) in [7, 11) is 5.64. The minimum absolute atomic E-state index is 0.812. The molecule has 0 amide bonds. The lowest BCUT2D eigenvalue weighted by Crippen LogP contribution is -2.22. The minimum Gasteiger partial charge on any atom is -0.497 e. The minimum atomic E-state index is 0.812. The van der Waals surface area contributed by atoms with E-state index in [2.05, 4.69) is 12.1 Å². The molecule has 0 spiro atoms. The SMILES string of the molecule is COc1cccc(N=C(c2ccccc2)N(C)C)c1. The van der Waals surface area contributed by atoms with E-state index in [0.29, 0.717) is 0 Å². The number of hydrogen-bond acceptors (Lipinski definition) is 2. The normalized spacial score (nSPS) is 11.2. The molecular weight excluding hydrogens is 236 g/mol. The molecular formula is C16H18N2O. The van der Waals surface area contributed by atoms with E-state index in [-0.39, 0.29) is 0 Å². The predicted molar refractivity (Wildman–Crippen MR) is 79.3 cm³/mol. The van der Waals surface area contributed by atoms with E-state index in [1.807, 2.05) is 61.5 Å². The third-order valence-corrected chi connectivity index (χ3v) is 2.74. The molecule has 0 unspecified atom stereocenters. The number of methoxy groups -OCH3 is 1. The van der Waals surface area contributed by atoms with Gasteiger partial charge in [0.2, 0.25) is 0 Å². The van der Waals surface area contributed by atoms with Crippen LogP contribution < -0.4 is 4.74 Å². The summed E-state index contributed by atoms with van der Waals surface area (Å²) in [6, 6.07) is 17.9. The summed E-state index contributed by atoms with van der Waals surface area (Å²) in [6.07, 6.45) is 0. The van der Waals surface area contributed by atoms with E-state index in [1.54, 1.807) is 7.11 Å². The molecule has 0 radical (unpaired) electrons. The molecule has 0 N–H and O–H groups in total. The summed E-state index contributed by atoms with van der Waals surface area (Å²) in [6.45, 7) is 0. The summed E-state index contributed by atoms with van der Waals surface area (Å²) >= 11 is 0. The third-order valence-electron chi connectivity index (χ3n) is 2.74. The Morgan fingerprint density at radius 2 is 1.74 bits per heavy atom. The molecule has 0 fully saturated rings. The van der Waals surface area contributed by atoms with E-state index in [4.69, 9.17) is 9.73 Å². The Labute approximate surface area is 114 Å². The number of aliphatic imine (C=N–C) groups is 1. The number of rotatable bonds is 3. The summed E-state index contributed by atoms with van der Waals surface area (Å²) < 4.78 is 5.22. The first-order valence-electron chi connectivity index (χ1n) is 6.16. The highest BCUT2D eigenvalue weighted by molar-refractivity contribution is 6.00. The number of nitrogens with zero attached hydrogens (tertiary/aromatic N) is 2. The van der Waals surface area contributed by atoms with Gasteiger partial charge in [0.05, 0.1) is 12.8 Å². The molecule has 3 nitrogen and oxygen atoms in total. The highest BCUT2D eigenvalue weighted by atomic mass is 16.5. The van der Waals surface area contributed by atoms with Crippen molar-refractivity contribution in [3.05, 3.63) is 60.2 Å². The Kier molecular flexibility index (Phi) is 4.18. The average molecular weight is 254 g/mol. The first-order chi connectivity index (χ1) is 9.20. The highest BCUT2D eigenvalue weighted by Crippen LogP contribution is 2.21. The van der Waals surface area contributed by atoms with Crippen LogP contribution in [-0.2, 0) is 0 Å². The van der Waals surface area contributed by atoms with Crippen molar-refractivity contribution in [2.45, 2.75) is 0 Å². The van der Waals surface area contributed by atoms with Crippen molar-refractivity contribution in [3.8, 4) is 5.75 Å². The molecule has 0 atom stereocenters. The number of ether oxygens (including phenoxy) is 1. The summed E-state index contributed by atoms with van der Waals surface area (Å²) in [5.41, 5.74) is 1.97. The Bertz CT molecular complexity index is 562. The fourth-order valence-corrected chi connectivity index (χ4v) is 1.81. The van der Waals surface area contributed by atoms with Gasteiger partial charge in [0.25, 0.3) is 0 Å². The predicted octanol–water partition coefficient (Wildman–Crippen LogP) is 3.34. The van der Waals surface area contributed by atoms with Gasteiger partial charge in [-0.3, -0.25) is 0 Å². The molecule has 2 rings (SSSR count). The smallest absolute Gasteiger partial charge is 0.136 e. The van der Waals surface area contributed by atoms with Gasteiger partial charge in [-0.25, -0.2) is 4.99 Å². The van der Waals surface area contributed by atoms with Gasteiger partial charge in [-0.05, 0) is 12.1 Å². The van der Waals surface area contributed by atoms with Crippen molar-refractivity contribution in [2.75, 3.05) is 21.2 Å². The van der Waals surface area contributed by atoms with Crippen LogP contribution >= 0.6 is 0 Å². The summed E-state index contributed by atoms with van der Waals surface area (Å²) in [4.78, 5) is 6.71. The van der Waals surface area contributed by atoms with E-state index in [1.165, 1.54) is 0 Å². The monoisotopic (exact) mass is 254 g/mol. The zero-order chi connectivity index (χ0) is 13.7. The van der Waals surface area contributed by atoms with Gasteiger partial charge in [-0.15, -0.1) is 0 Å². The van der Waals surface area contributed by atoms with E-state index >= 15 is 0 Å². The first-order valence-corrected chi connectivity index (χ1v) is 6.16. The van der Waals surface area contributed by atoms with Crippen LogP contribution in [0, 0.1) is 0 Å². The standard InChI is InChI=1S/C16H18N2O/c1-18(2)16(13-8-5-4-6-9-13)17-14-10-7-11-15(12-14)19-3/h4-12H,1-3H3. The Hall–Kier alpha value is -2.29. The van der Waals surface area contributed by atoms with Gasteiger partial charge in [0.15, 0.2) is 0 Å². The van der Waals surface area contributed by atoms with Gasteiger partial charge in [0.1, 0.15) is 11.6 Å². The second-order valence-corrected chi connectivity index (χ2v) is 4.40. The maximum Gasteiger partial charge on any atom is 0.136 e. The highest BCUT2D eigenvalue weighted by Gasteiger charge is 2.05. The summed E-state index contributed by atoms with van der Waals surface area (Å²) in [5, 5.41) is 0. The second kappa shape index (κ2) is 6.05. The molecule has 0 saturated carbocycles. The zero-order valence-electron chi connectivity index (χ0n) is 11.5. The third kappa shape index (κ3) is 3.35. The lowest BCUT2D eigenvalue weighted by molar-refractivity contribution is 0.415. The maximum absolute atomic E-state index is 5.22. The van der Waals surface area contributed by atoms with Gasteiger partial charge in [0, 0.05) is 25.7 Å². The van der Waals surface area contributed by atoms with Crippen LogP contribution in [0.5, 0.6) is 5.75 Å². The molecule has 2 aromatic rings. The maximum atomic E-state index is 5.22. The number of hydrogen-bond donors (Lipinski definition) is 0. The van der Waals surface area contributed by atoms with Crippen molar-refractivity contribution < 1.29 is 4.74 Å². The molecule has 0 aliphatic rings. The molecule has 0 aromatic heterocycles. The van der Waals surface area contributed by atoms with Crippen molar-refractivity contribution in [3.63, 3.8) is 0 Å². The van der Waals surface area contributed by atoms with Crippen molar-refractivity contribution in [1.82, 2.24) is 4.90 Å². The first kappa shape index (κ1) is 13.1. The molecule has 98 valence electrons. The topological polar surface area (TPSA) is 24.8 Å². The van der Waals surface area contributed by atoms with Gasteiger partial charge >= 0.3 is 0 Å². The molecule has 0 bridgehead atoms. The van der Waals surface area contributed by atoms with Gasteiger partial charge in [-0.2, -0.15) is 0 Å². The Morgan fingerprint density at radius 1 is 1.00 bits per heavy atom. The fourth-order valence-electron chi connectivity index (χ4n) is 1.81. The zero-order valence-corrected chi connectivity index (χ0v) is 11.5. The molecule has 0 aliphatic carbocycles. The fraction of sp³-hybridized carbons (Fsp3) is 0.188. The van der Waals surface area contributed by atoms with Crippen LogP contribution in [0.4, 0.5) is 5.69 Å². The molecule has 3 heteroatoms. The molecule has 2 aromatic carbocycles. The van der Waals surface area contributed by atoms with Crippen molar-refractivity contribution in [1.29, 1.82) is 0 Å². The van der Waals surface area contributed by atoms with Crippen LogP contribution in [-0.4, -0.2) is 31.9 Å². The van der Waals surface area contributed by atoms with Crippen LogP contribution in [0.15, 0.2) is 59.6 Å². The average Bonchev–Trinajstić information content (AvgIpc) is 2.45. The Morgan fingerprint density at radius 3 is 2.37 bits per heavy atom. The van der Waals surface area contributed by atoms with E-state index in [9.17, 15) is 0 Å². The molecule has 0 saturated heterocycles. The van der Waals surface area contributed by atoms with Crippen LogP contribution in [0.3, 0.4) is 0 Å². The van der Waals surface area contributed by atoms with Crippen LogP contribution in [0.2, 0.25) is 0 Å². The molecule has 0 heterocycles. The van der Waals surface area contributed by atoms with Crippen molar-refractivity contribution >= 4 is 11.5 Å². The van der Waals surface area contributed by atoms with Gasteiger partial charge < -0.3 is 9.64 Å². The quantitative estimate of drug-likeness (QED) is 0.620. The molecule has 0 aliphatic heterocycles. The van der Waals surface area contributed by atoms with Crippen molar-refractivity contribution in [2.24, 2.45) is 4.99 Å². The lowest BCUT2D eigenvalue weighted by Gasteiger charge is -2.16. The summed E-state index contributed by atoms with van der Waals surface area (Å²) in [5.74, 6) is 1.74. The molecule has 19 heavy (non-hydrogen) atoms. The number of benzene rings is 2.